The van der Waals surface area contributed by atoms with Gasteiger partial charge in [0.25, 0.3) is 0 Å². The summed E-state index contributed by atoms with van der Waals surface area (Å²) in [6, 6.07) is 0. The van der Waals surface area contributed by atoms with Gasteiger partial charge in [0.15, 0.2) is 0 Å². The molecule has 0 bridgehead atoms. The molecule has 0 N–H and O–H groups in total. The van der Waals surface area contributed by atoms with Crippen molar-refractivity contribution in [3.63, 3.8) is 0 Å². The highest BCUT2D eigenvalue weighted by Gasteiger charge is 2.24. The number of ether oxygens (including phenoxy) is 2. The van der Waals surface area contributed by atoms with Crippen molar-refractivity contribution in [3.05, 3.63) is 17.0 Å². The maximum Gasteiger partial charge on any atom is 0.410 e. The Bertz CT molecular complexity index is 459. The largest absolute Gasteiger partial charge is 0.476 e. The number of piperidine rings is 1. The number of rotatable bonds is 4. The molecule has 21 heavy (non-hydrogen) atoms. The molecule has 1 aromatic rings. The molecule has 1 saturated heterocycles. The fraction of sp³-hybridized carbons (Fsp3) is 0.643. The zero-order chi connectivity index (χ0) is 15.2. The molecule has 1 aromatic heterocycles. The van der Waals surface area contributed by atoms with Gasteiger partial charge in [0.1, 0.15) is 4.60 Å². The van der Waals surface area contributed by atoms with Gasteiger partial charge in [0.05, 0.1) is 25.1 Å². The first-order valence-electron chi connectivity index (χ1n) is 7.10. The van der Waals surface area contributed by atoms with Crippen molar-refractivity contribution in [1.82, 2.24) is 14.9 Å². The molecule has 1 fully saturated rings. The second-order valence-corrected chi connectivity index (χ2v) is 6.16. The third-order valence-electron chi connectivity index (χ3n) is 3.27. The van der Waals surface area contributed by atoms with E-state index in [0.717, 1.165) is 12.8 Å². The molecule has 0 unspecified atom stereocenters. The monoisotopic (exact) mass is 357 g/mol. The van der Waals surface area contributed by atoms with Crippen LogP contribution in [0.5, 0.6) is 5.88 Å². The standard InChI is InChI=1S/C14H20BrN3O3/c1-10(2)21-14(19)18-5-3-11(4-6-18)9-20-13-8-16-12(15)7-17-13/h7-8,10-11H,3-6,9H2,1-2H3. The van der Waals surface area contributed by atoms with E-state index in [9.17, 15) is 4.79 Å². The van der Waals surface area contributed by atoms with Crippen molar-refractivity contribution < 1.29 is 14.3 Å². The first-order valence-corrected chi connectivity index (χ1v) is 7.90. The number of halogens is 1. The van der Waals surface area contributed by atoms with Crippen molar-refractivity contribution in [2.24, 2.45) is 5.92 Å². The fourth-order valence-corrected chi connectivity index (χ4v) is 2.34. The van der Waals surface area contributed by atoms with Gasteiger partial charge < -0.3 is 14.4 Å². The zero-order valence-corrected chi connectivity index (χ0v) is 13.9. The first-order chi connectivity index (χ1) is 10.0. The van der Waals surface area contributed by atoms with Crippen LogP contribution in [0.2, 0.25) is 0 Å². The maximum atomic E-state index is 11.8. The van der Waals surface area contributed by atoms with E-state index in [-0.39, 0.29) is 12.2 Å². The molecule has 0 saturated carbocycles. The molecule has 0 spiro atoms. The normalized spacial score (nSPS) is 16.1. The quantitative estimate of drug-likeness (QED) is 0.828. The van der Waals surface area contributed by atoms with Crippen LogP contribution in [0.4, 0.5) is 4.79 Å². The van der Waals surface area contributed by atoms with E-state index in [0.29, 0.717) is 36.1 Å². The summed E-state index contributed by atoms with van der Waals surface area (Å²) in [6.07, 6.45) is 4.74. The lowest BCUT2D eigenvalue weighted by molar-refractivity contribution is 0.0606. The van der Waals surface area contributed by atoms with E-state index in [1.54, 1.807) is 17.3 Å². The van der Waals surface area contributed by atoms with Crippen LogP contribution < -0.4 is 4.74 Å². The van der Waals surface area contributed by atoms with Gasteiger partial charge in [-0.3, -0.25) is 0 Å². The van der Waals surface area contributed by atoms with E-state index < -0.39 is 0 Å². The van der Waals surface area contributed by atoms with Crippen molar-refractivity contribution in [2.45, 2.75) is 32.8 Å². The van der Waals surface area contributed by atoms with Gasteiger partial charge in [-0.1, -0.05) is 0 Å². The summed E-state index contributed by atoms with van der Waals surface area (Å²) in [5.41, 5.74) is 0. The number of aromatic nitrogens is 2. The van der Waals surface area contributed by atoms with Crippen molar-refractivity contribution in [3.8, 4) is 5.88 Å². The van der Waals surface area contributed by atoms with Gasteiger partial charge in [0, 0.05) is 13.1 Å². The Kier molecular flexibility index (Phi) is 5.78. The highest BCUT2D eigenvalue weighted by atomic mass is 79.9. The summed E-state index contributed by atoms with van der Waals surface area (Å²) in [4.78, 5) is 21.7. The lowest BCUT2D eigenvalue weighted by atomic mass is 9.98. The number of carbonyl (C=O) groups is 1. The molecule has 7 heteroatoms. The lowest BCUT2D eigenvalue weighted by Gasteiger charge is -2.31. The van der Waals surface area contributed by atoms with E-state index in [1.807, 2.05) is 13.8 Å². The molecule has 1 amide bonds. The number of carbonyl (C=O) groups excluding carboxylic acids is 1. The van der Waals surface area contributed by atoms with Crippen LogP contribution in [0.15, 0.2) is 17.0 Å². The Labute approximate surface area is 133 Å². The molecule has 116 valence electrons. The van der Waals surface area contributed by atoms with Crippen molar-refractivity contribution in [1.29, 1.82) is 0 Å². The fourth-order valence-electron chi connectivity index (χ4n) is 2.14. The summed E-state index contributed by atoms with van der Waals surface area (Å²) in [7, 11) is 0. The average molecular weight is 358 g/mol. The molecule has 2 heterocycles. The second kappa shape index (κ2) is 7.59. The molecule has 2 rings (SSSR count). The van der Waals surface area contributed by atoms with Gasteiger partial charge in [-0.15, -0.1) is 0 Å². The SMILES string of the molecule is CC(C)OC(=O)N1CCC(COc2cnc(Br)cn2)CC1. The van der Waals surface area contributed by atoms with Crippen LogP contribution in [0.25, 0.3) is 0 Å². The number of hydrogen-bond donors (Lipinski definition) is 0. The first kappa shape index (κ1) is 16.0. The van der Waals surface area contributed by atoms with E-state index in [4.69, 9.17) is 9.47 Å². The highest BCUT2D eigenvalue weighted by Crippen LogP contribution is 2.19. The Balaban J connectivity index is 1.71. The van der Waals surface area contributed by atoms with E-state index in [2.05, 4.69) is 25.9 Å². The Hall–Kier alpha value is -1.37. The smallest absolute Gasteiger partial charge is 0.410 e. The van der Waals surface area contributed by atoms with Gasteiger partial charge >= 0.3 is 6.09 Å². The van der Waals surface area contributed by atoms with Gasteiger partial charge in [0.2, 0.25) is 5.88 Å². The minimum Gasteiger partial charge on any atom is -0.476 e. The van der Waals surface area contributed by atoms with E-state index >= 15 is 0 Å². The highest BCUT2D eigenvalue weighted by molar-refractivity contribution is 9.10. The summed E-state index contributed by atoms with van der Waals surface area (Å²) in [5, 5.41) is 0. The van der Waals surface area contributed by atoms with Crippen LogP contribution in [0, 0.1) is 5.92 Å². The Morgan fingerprint density at radius 2 is 2.10 bits per heavy atom. The number of likely N-dealkylation sites (tertiary alicyclic amines) is 1. The molecule has 0 aliphatic carbocycles. The predicted molar refractivity (Wildman–Crippen MR) is 81.1 cm³/mol. The number of amides is 1. The topological polar surface area (TPSA) is 64.5 Å². The maximum absolute atomic E-state index is 11.8. The number of nitrogens with zero attached hydrogens (tertiary/aromatic N) is 3. The van der Waals surface area contributed by atoms with E-state index in [1.165, 1.54) is 0 Å². The molecule has 1 aliphatic heterocycles. The molecule has 6 nitrogen and oxygen atoms in total. The minimum atomic E-state index is -0.219. The molecule has 0 radical (unpaired) electrons. The van der Waals surface area contributed by atoms with Gasteiger partial charge in [-0.05, 0) is 48.5 Å². The van der Waals surface area contributed by atoms with Crippen LogP contribution >= 0.6 is 15.9 Å². The summed E-state index contributed by atoms with van der Waals surface area (Å²) in [5.74, 6) is 0.957. The molecule has 1 aliphatic rings. The summed E-state index contributed by atoms with van der Waals surface area (Å²) in [6.45, 7) is 5.75. The van der Waals surface area contributed by atoms with Crippen molar-refractivity contribution >= 4 is 22.0 Å². The summed E-state index contributed by atoms with van der Waals surface area (Å²) >= 11 is 3.23. The second-order valence-electron chi connectivity index (χ2n) is 5.35. The minimum absolute atomic E-state index is 0.0745. The summed E-state index contributed by atoms with van der Waals surface area (Å²) < 4.78 is 11.5. The van der Waals surface area contributed by atoms with Crippen molar-refractivity contribution in [2.75, 3.05) is 19.7 Å². The Morgan fingerprint density at radius 1 is 1.38 bits per heavy atom. The van der Waals surface area contributed by atoms with Crippen LogP contribution in [-0.2, 0) is 4.74 Å². The zero-order valence-electron chi connectivity index (χ0n) is 12.3. The lowest BCUT2D eigenvalue weighted by Crippen LogP contribution is -2.40. The molecular formula is C14H20BrN3O3. The molecule has 0 atom stereocenters. The third kappa shape index (κ3) is 5.15. The van der Waals surface area contributed by atoms with Crippen LogP contribution in [0.1, 0.15) is 26.7 Å². The van der Waals surface area contributed by atoms with Crippen LogP contribution in [-0.4, -0.2) is 46.8 Å². The predicted octanol–water partition coefficient (Wildman–Crippen LogP) is 2.87. The Morgan fingerprint density at radius 3 is 2.67 bits per heavy atom. The third-order valence-corrected chi connectivity index (χ3v) is 3.68. The molecular weight excluding hydrogens is 338 g/mol. The average Bonchev–Trinajstić information content (AvgIpc) is 2.46. The number of hydrogen-bond acceptors (Lipinski definition) is 5. The molecule has 0 aromatic carbocycles. The van der Waals surface area contributed by atoms with Crippen LogP contribution in [0.3, 0.4) is 0 Å². The van der Waals surface area contributed by atoms with Gasteiger partial charge in [-0.2, -0.15) is 0 Å². The van der Waals surface area contributed by atoms with Gasteiger partial charge in [-0.25, -0.2) is 14.8 Å².